The van der Waals surface area contributed by atoms with Gasteiger partial charge in [-0.1, -0.05) is 42.0 Å². The average Bonchev–Trinajstić information content (AvgIpc) is 2.93. The van der Waals surface area contributed by atoms with Crippen molar-refractivity contribution in [2.24, 2.45) is 9.98 Å². The van der Waals surface area contributed by atoms with Gasteiger partial charge in [-0.2, -0.15) is 0 Å². The van der Waals surface area contributed by atoms with Gasteiger partial charge in [0, 0.05) is 16.0 Å². The minimum atomic E-state index is -0.541. The zero-order valence-electron chi connectivity index (χ0n) is 12.5. The third-order valence-corrected chi connectivity index (χ3v) is 4.92. The Hall–Kier alpha value is -2.39. The molecule has 0 N–H and O–H groups in total. The van der Waals surface area contributed by atoms with Crippen molar-refractivity contribution in [1.29, 1.82) is 0 Å². The van der Waals surface area contributed by atoms with Gasteiger partial charge >= 0.3 is 0 Å². The number of furan rings is 1. The lowest BCUT2D eigenvalue weighted by Gasteiger charge is -2.33. The second-order valence-electron chi connectivity index (χ2n) is 6.17. The Morgan fingerprint density at radius 1 is 1.13 bits per heavy atom. The van der Waals surface area contributed by atoms with E-state index < -0.39 is 5.54 Å². The van der Waals surface area contributed by atoms with E-state index in [9.17, 15) is 0 Å². The van der Waals surface area contributed by atoms with Gasteiger partial charge in [-0.3, -0.25) is 9.98 Å². The molecule has 1 aliphatic carbocycles. The summed E-state index contributed by atoms with van der Waals surface area (Å²) in [6.45, 7) is 2.08. The third-order valence-electron chi connectivity index (χ3n) is 4.68. The number of hydrogen-bond donors (Lipinski definition) is 0. The molecule has 2 aliphatic rings. The molecule has 4 heteroatoms. The highest BCUT2D eigenvalue weighted by atomic mass is 35.5. The summed E-state index contributed by atoms with van der Waals surface area (Å²) >= 11 is 6.12. The van der Waals surface area contributed by atoms with Gasteiger partial charge in [-0.05, 0) is 31.2 Å². The number of benzene rings is 2. The first-order valence-electron chi connectivity index (χ1n) is 7.59. The van der Waals surface area contributed by atoms with E-state index in [1.54, 1.807) is 0 Å². The van der Waals surface area contributed by atoms with Gasteiger partial charge in [0.1, 0.15) is 22.9 Å². The molecule has 0 saturated carbocycles. The molecule has 5 rings (SSSR count). The highest BCUT2D eigenvalue weighted by molar-refractivity contribution is 6.30. The van der Waals surface area contributed by atoms with Crippen LogP contribution in [0.5, 0.6) is 0 Å². The van der Waals surface area contributed by atoms with Gasteiger partial charge in [0.2, 0.25) is 0 Å². The van der Waals surface area contributed by atoms with Crippen LogP contribution in [0.2, 0.25) is 5.02 Å². The molecule has 0 spiro atoms. The molecular weight excluding hydrogens is 308 g/mol. The normalized spacial score (nSPS) is 24.3. The van der Waals surface area contributed by atoms with Crippen LogP contribution in [0.3, 0.4) is 0 Å². The molecule has 0 radical (unpaired) electrons. The summed E-state index contributed by atoms with van der Waals surface area (Å²) < 4.78 is 6.17. The Balaban J connectivity index is 1.86. The van der Waals surface area contributed by atoms with Gasteiger partial charge in [0.15, 0.2) is 0 Å². The van der Waals surface area contributed by atoms with Crippen molar-refractivity contribution < 1.29 is 4.42 Å². The summed E-state index contributed by atoms with van der Waals surface area (Å²) in [6, 6.07) is 13.6. The number of halogens is 1. The molecule has 0 saturated heterocycles. The number of para-hydroxylation sites is 1. The van der Waals surface area contributed by atoms with Crippen LogP contribution in [0, 0.1) is 0 Å². The minimum Gasteiger partial charge on any atom is -0.458 e. The molecule has 23 heavy (non-hydrogen) atoms. The predicted molar refractivity (Wildman–Crippen MR) is 90.2 cm³/mol. The Morgan fingerprint density at radius 3 is 2.91 bits per heavy atom. The van der Waals surface area contributed by atoms with E-state index in [2.05, 4.69) is 25.1 Å². The zero-order valence-corrected chi connectivity index (χ0v) is 13.2. The molecule has 0 bridgehead atoms. The van der Waals surface area contributed by atoms with Gasteiger partial charge in [0.05, 0.1) is 10.7 Å². The fourth-order valence-corrected chi connectivity index (χ4v) is 3.66. The summed E-state index contributed by atoms with van der Waals surface area (Å²) in [6.07, 6.45) is 4.22. The third kappa shape index (κ3) is 1.71. The summed E-state index contributed by atoms with van der Waals surface area (Å²) in [5, 5.41) is 3.48. The SMILES string of the molecule is CC12N=c3cc(Cl)ccc3=NC1C=Cc1c2oc2ccccc12. The number of hydrogen-bond acceptors (Lipinski definition) is 3. The standard InChI is InChI=1S/C19H13ClN2O/c1-19-17(21-14-8-6-11(20)10-15(14)22-19)9-7-13-12-4-2-3-5-16(12)23-18(13)19/h2-10,17H,1H3. The molecule has 2 unspecified atom stereocenters. The van der Waals surface area contributed by atoms with Gasteiger partial charge in [0.25, 0.3) is 0 Å². The quantitative estimate of drug-likeness (QED) is 0.623. The summed E-state index contributed by atoms with van der Waals surface area (Å²) in [5.74, 6) is 0.876. The van der Waals surface area contributed by atoms with Crippen molar-refractivity contribution in [3.63, 3.8) is 0 Å². The monoisotopic (exact) mass is 320 g/mol. The van der Waals surface area contributed by atoms with Gasteiger partial charge < -0.3 is 4.42 Å². The maximum absolute atomic E-state index is 6.17. The lowest BCUT2D eigenvalue weighted by molar-refractivity contribution is 0.333. The van der Waals surface area contributed by atoms with Crippen molar-refractivity contribution in [3.8, 4) is 0 Å². The van der Waals surface area contributed by atoms with E-state index in [-0.39, 0.29) is 6.04 Å². The summed E-state index contributed by atoms with van der Waals surface area (Å²) in [4.78, 5) is 9.82. The predicted octanol–water partition coefficient (Wildman–Crippen LogP) is 3.65. The Kier molecular flexibility index (Phi) is 2.46. The molecule has 3 nitrogen and oxygen atoms in total. The Morgan fingerprint density at radius 2 is 2.00 bits per heavy atom. The second-order valence-corrected chi connectivity index (χ2v) is 6.60. The molecule has 0 fully saturated rings. The van der Waals surface area contributed by atoms with E-state index >= 15 is 0 Å². The molecule has 0 amide bonds. The highest BCUT2D eigenvalue weighted by Crippen LogP contribution is 2.43. The zero-order chi connectivity index (χ0) is 15.6. The summed E-state index contributed by atoms with van der Waals surface area (Å²) in [5.41, 5.74) is 1.45. The van der Waals surface area contributed by atoms with Crippen molar-refractivity contribution in [2.75, 3.05) is 0 Å². The van der Waals surface area contributed by atoms with E-state index in [1.807, 2.05) is 36.4 Å². The van der Waals surface area contributed by atoms with Crippen LogP contribution < -0.4 is 10.7 Å². The maximum atomic E-state index is 6.17. The van der Waals surface area contributed by atoms with Crippen molar-refractivity contribution in [2.45, 2.75) is 18.5 Å². The van der Waals surface area contributed by atoms with E-state index in [1.165, 1.54) is 0 Å². The Bertz CT molecular complexity index is 1110. The van der Waals surface area contributed by atoms with Crippen LogP contribution in [0.4, 0.5) is 0 Å². The Labute approximate surface area is 137 Å². The first-order chi connectivity index (χ1) is 11.1. The number of fused-ring (bicyclic) bond motifs is 6. The van der Waals surface area contributed by atoms with E-state index in [0.717, 1.165) is 33.0 Å². The molecule has 3 aromatic rings. The fourth-order valence-electron chi connectivity index (χ4n) is 3.50. The number of rotatable bonds is 0. The number of nitrogens with zero attached hydrogens (tertiary/aromatic N) is 2. The smallest absolute Gasteiger partial charge is 0.143 e. The van der Waals surface area contributed by atoms with Crippen LogP contribution in [0.25, 0.3) is 17.0 Å². The van der Waals surface area contributed by atoms with Crippen LogP contribution in [0.1, 0.15) is 18.2 Å². The fraction of sp³-hybridized carbons (Fsp3) is 0.158. The maximum Gasteiger partial charge on any atom is 0.143 e. The molecule has 2 aromatic carbocycles. The van der Waals surface area contributed by atoms with Crippen molar-refractivity contribution >= 4 is 28.6 Å². The molecule has 2 atom stereocenters. The second kappa shape index (κ2) is 4.33. The molecule has 2 heterocycles. The molecule has 1 aliphatic heterocycles. The highest BCUT2D eigenvalue weighted by Gasteiger charge is 2.43. The van der Waals surface area contributed by atoms with E-state index in [4.69, 9.17) is 26.0 Å². The van der Waals surface area contributed by atoms with Gasteiger partial charge in [-0.15, -0.1) is 0 Å². The van der Waals surface area contributed by atoms with Crippen molar-refractivity contribution in [1.82, 2.24) is 0 Å². The topological polar surface area (TPSA) is 37.9 Å². The van der Waals surface area contributed by atoms with Gasteiger partial charge in [-0.25, -0.2) is 0 Å². The molecule has 112 valence electrons. The van der Waals surface area contributed by atoms with E-state index in [0.29, 0.717) is 5.02 Å². The van der Waals surface area contributed by atoms with Crippen molar-refractivity contribution in [3.05, 3.63) is 75.6 Å². The minimum absolute atomic E-state index is 0.0655. The first-order valence-corrected chi connectivity index (χ1v) is 7.96. The summed E-state index contributed by atoms with van der Waals surface area (Å²) in [7, 11) is 0. The molecule has 1 aromatic heterocycles. The first kappa shape index (κ1) is 13.1. The van der Waals surface area contributed by atoms with Crippen LogP contribution in [-0.2, 0) is 5.54 Å². The molecular formula is C19H13ClN2O. The van der Waals surface area contributed by atoms with Crippen LogP contribution >= 0.6 is 11.6 Å². The lowest BCUT2D eigenvalue weighted by atomic mass is 9.82. The van der Waals surface area contributed by atoms with Crippen LogP contribution in [-0.4, -0.2) is 6.04 Å². The average molecular weight is 321 g/mol. The lowest BCUT2D eigenvalue weighted by Crippen LogP contribution is -2.45. The largest absolute Gasteiger partial charge is 0.458 e. The van der Waals surface area contributed by atoms with Crippen LogP contribution in [0.15, 0.2) is 62.9 Å².